The van der Waals surface area contributed by atoms with Gasteiger partial charge in [0.15, 0.2) is 0 Å². The minimum atomic E-state index is -0.0858. The Kier molecular flexibility index (Phi) is 6.86. The van der Waals surface area contributed by atoms with Gasteiger partial charge in [0.2, 0.25) is 0 Å². The van der Waals surface area contributed by atoms with E-state index in [1.807, 2.05) is 12.1 Å². The number of rotatable bonds is 6. The van der Waals surface area contributed by atoms with Crippen LogP contribution in [0.15, 0.2) is 24.3 Å². The van der Waals surface area contributed by atoms with Crippen molar-refractivity contribution < 1.29 is 4.79 Å². The van der Waals surface area contributed by atoms with E-state index in [2.05, 4.69) is 53.5 Å². The normalized spacial score (nSPS) is 17.7. The van der Waals surface area contributed by atoms with E-state index in [1.54, 1.807) is 0 Å². The lowest BCUT2D eigenvalue weighted by molar-refractivity contribution is 0.149. The van der Waals surface area contributed by atoms with Gasteiger partial charge in [-0.25, -0.2) is 4.79 Å². The molecule has 23 heavy (non-hydrogen) atoms. The fourth-order valence-corrected chi connectivity index (χ4v) is 2.80. The lowest BCUT2D eigenvalue weighted by Crippen LogP contribution is -2.46. The smallest absolute Gasteiger partial charge is 0.315 e. The lowest BCUT2D eigenvalue weighted by atomic mass is 10.1. The summed E-state index contributed by atoms with van der Waals surface area (Å²) in [6.45, 7) is 10.3. The average Bonchev–Trinajstić information content (AvgIpc) is 2.52. The Bertz CT molecular complexity index is 498. The van der Waals surface area contributed by atoms with Gasteiger partial charge in [-0.1, -0.05) is 29.8 Å². The third-order valence-corrected chi connectivity index (χ3v) is 4.39. The number of piperazine rings is 1. The minimum absolute atomic E-state index is 0.0858. The van der Waals surface area contributed by atoms with Gasteiger partial charge in [0.05, 0.1) is 0 Å². The van der Waals surface area contributed by atoms with Crippen LogP contribution in [0.3, 0.4) is 0 Å². The number of urea groups is 1. The molecule has 1 fully saturated rings. The largest absolute Gasteiger partial charge is 0.336 e. The molecule has 0 aromatic heterocycles. The summed E-state index contributed by atoms with van der Waals surface area (Å²) in [5, 5.41) is 5.96. The number of aryl methyl sites for hydroxylation is 1. The molecule has 5 nitrogen and oxygen atoms in total. The quantitative estimate of drug-likeness (QED) is 0.841. The first-order chi connectivity index (χ1) is 11.0. The highest BCUT2D eigenvalue weighted by molar-refractivity contribution is 5.74. The Balaban J connectivity index is 1.62. The summed E-state index contributed by atoms with van der Waals surface area (Å²) in [5.41, 5.74) is 2.34. The van der Waals surface area contributed by atoms with Crippen molar-refractivity contribution in [3.8, 4) is 0 Å². The van der Waals surface area contributed by atoms with Crippen LogP contribution in [0.1, 0.15) is 24.5 Å². The number of benzene rings is 1. The number of likely N-dealkylation sites (N-methyl/N-ethyl adjacent to an activating group) is 1. The zero-order valence-corrected chi connectivity index (χ0v) is 14.6. The van der Waals surface area contributed by atoms with Crippen LogP contribution in [0, 0.1) is 6.92 Å². The molecular formula is C18H30N4O. The molecule has 0 saturated carbocycles. The van der Waals surface area contributed by atoms with Crippen molar-refractivity contribution in [2.75, 3.05) is 39.8 Å². The van der Waals surface area contributed by atoms with E-state index in [4.69, 9.17) is 0 Å². The number of hydrogen-bond donors (Lipinski definition) is 2. The molecule has 1 aliphatic heterocycles. The Hall–Kier alpha value is -1.59. The molecule has 1 atom stereocenters. The number of nitrogens with one attached hydrogen (secondary N) is 2. The first-order valence-corrected chi connectivity index (χ1v) is 8.54. The van der Waals surface area contributed by atoms with Gasteiger partial charge < -0.3 is 20.4 Å². The highest BCUT2D eigenvalue weighted by atomic mass is 16.2. The van der Waals surface area contributed by atoms with Crippen molar-refractivity contribution in [1.82, 2.24) is 20.4 Å². The summed E-state index contributed by atoms with van der Waals surface area (Å²) in [6.07, 6.45) is 0.988. The molecule has 5 heteroatoms. The fraction of sp³-hybridized carbons (Fsp3) is 0.611. The van der Waals surface area contributed by atoms with E-state index in [9.17, 15) is 4.79 Å². The maximum Gasteiger partial charge on any atom is 0.315 e. The molecule has 0 radical (unpaired) electrons. The average molecular weight is 318 g/mol. The molecule has 1 heterocycles. The van der Waals surface area contributed by atoms with Crippen LogP contribution in [-0.4, -0.2) is 61.6 Å². The molecule has 1 saturated heterocycles. The summed E-state index contributed by atoms with van der Waals surface area (Å²) in [5.74, 6) is 0. The molecule has 0 unspecified atom stereocenters. The second kappa shape index (κ2) is 8.89. The molecule has 1 aromatic carbocycles. The van der Waals surface area contributed by atoms with Crippen LogP contribution in [0.5, 0.6) is 0 Å². The highest BCUT2D eigenvalue weighted by Gasteiger charge is 2.15. The monoisotopic (exact) mass is 318 g/mol. The second-order valence-electron chi connectivity index (χ2n) is 6.65. The number of carbonyl (C=O) groups excluding carboxylic acids is 1. The third-order valence-electron chi connectivity index (χ3n) is 4.39. The number of hydrogen-bond acceptors (Lipinski definition) is 3. The zero-order valence-electron chi connectivity index (χ0n) is 14.6. The van der Waals surface area contributed by atoms with E-state index in [0.717, 1.165) is 44.7 Å². The number of amides is 2. The number of carbonyl (C=O) groups is 1. The van der Waals surface area contributed by atoms with Crippen molar-refractivity contribution in [3.63, 3.8) is 0 Å². The van der Waals surface area contributed by atoms with Gasteiger partial charge in [-0.15, -0.1) is 0 Å². The maximum atomic E-state index is 12.0. The second-order valence-corrected chi connectivity index (χ2v) is 6.65. The first-order valence-electron chi connectivity index (χ1n) is 8.54. The predicted octanol–water partition coefficient (Wildman–Crippen LogP) is 1.82. The van der Waals surface area contributed by atoms with Crippen molar-refractivity contribution in [2.24, 2.45) is 0 Å². The Morgan fingerprint density at radius 1 is 1.26 bits per heavy atom. The van der Waals surface area contributed by atoms with Gasteiger partial charge in [-0.3, -0.25) is 0 Å². The van der Waals surface area contributed by atoms with Crippen molar-refractivity contribution in [2.45, 2.75) is 32.9 Å². The SMILES string of the molecule is Cc1cccc(CNC(=O)N[C@@H](C)CCN2CCN(C)CC2)c1. The molecule has 0 aliphatic carbocycles. The highest BCUT2D eigenvalue weighted by Crippen LogP contribution is 2.04. The Morgan fingerprint density at radius 3 is 2.70 bits per heavy atom. The molecule has 128 valence electrons. The molecule has 2 amide bonds. The van der Waals surface area contributed by atoms with Gasteiger partial charge in [-0.05, 0) is 32.9 Å². The Morgan fingerprint density at radius 2 is 2.00 bits per heavy atom. The third kappa shape index (κ3) is 6.59. The van der Waals surface area contributed by atoms with E-state index in [-0.39, 0.29) is 12.1 Å². The molecular weight excluding hydrogens is 288 g/mol. The summed E-state index contributed by atoms with van der Waals surface area (Å²) < 4.78 is 0. The summed E-state index contributed by atoms with van der Waals surface area (Å²) in [6, 6.07) is 8.30. The molecule has 1 aliphatic rings. The Labute approximate surface area is 140 Å². The molecule has 0 spiro atoms. The molecule has 2 N–H and O–H groups in total. The molecule has 2 rings (SSSR count). The summed E-state index contributed by atoms with van der Waals surface area (Å²) >= 11 is 0. The predicted molar refractivity (Wildman–Crippen MR) is 94.6 cm³/mol. The van der Waals surface area contributed by atoms with Crippen LogP contribution in [-0.2, 0) is 6.54 Å². The molecule has 1 aromatic rings. The summed E-state index contributed by atoms with van der Waals surface area (Å²) in [7, 11) is 2.17. The van der Waals surface area contributed by atoms with Gasteiger partial charge in [0.25, 0.3) is 0 Å². The topological polar surface area (TPSA) is 47.6 Å². The van der Waals surface area contributed by atoms with E-state index in [1.165, 1.54) is 5.56 Å². The van der Waals surface area contributed by atoms with Crippen LogP contribution in [0.25, 0.3) is 0 Å². The van der Waals surface area contributed by atoms with Crippen LogP contribution < -0.4 is 10.6 Å². The maximum absolute atomic E-state index is 12.0. The standard InChI is InChI=1S/C18H30N4O/c1-15-5-4-6-17(13-15)14-19-18(23)20-16(2)7-8-22-11-9-21(3)10-12-22/h4-6,13,16H,7-12,14H2,1-3H3,(H2,19,20,23)/t16-/m0/s1. The van der Waals surface area contributed by atoms with E-state index in [0.29, 0.717) is 6.54 Å². The lowest BCUT2D eigenvalue weighted by Gasteiger charge is -2.32. The van der Waals surface area contributed by atoms with Crippen molar-refractivity contribution in [3.05, 3.63) is 35.4 Å². The van der Waals surface area contributed by atoms with Crippen molar-refractivity contribution in [1.29, 1.82) is 0 Å². The van der Waals surface area contributed by atoms with Crippen LogP contribution in [0.4, 0.5) is 4.79 Å². The van der Waals surface area contributed by atoms with Gasteiger partial charge in [0, 0.05) is 45.3 Å². The van der Waals surface area contributed by atoms with Gasteiger partial charge in [-0.2, -0.15) is 0 Å². The zero-order chi connectivity index (χ0) is 16.7. The van der Waals surface area contributed by atoms with Crippen LogP contribution in [0.2, 0.25) is 0 Å². The number of nitrogens with zero attached hydrogens (tertiary/aromatic N) is 2. The van der Waals surface area contributed by atoms with E-state index < -0.39 is 0 Å². The summed E-state index contributed by atoms with van der Waals surface area (Å²) in [4.78, 5) is 16.8. The fourth-order valence-electron chi connectivity index (χ4n) is 2.80. The molecule has 0 bridgehead atoms. The van der Waals surface area contributed by atoms with Gasteiger partial charge >= 0.3 is 6.03 Å². The van der Waals surface area contributed by atoms with Gasteiger partial charge in [0.1, 0.15) is 0 Å². The minimum Gasteiger partial charge on any atom is -0.336 e. The van der Waals surface area contributed by atoms with E-state index >= 15 is 0 Å². The van der Waals surface area contributed by atoms with Crippen LogP contribution >= 0.6 is 0 Å². The first kappa shape index (κ1) is 17.8. The van der Waals surface area contributed by atoms with Crippen molar-refractivity contribution >= 4 is 6.03 Å².